The highest BCUT2D eigenvalue weighted by atomic mass is 19.4. The summed E-state index contributed by atoms with van der Waals surface area (Å²) in [5.74, 6) is -9.02. The number of halogens is 7. The van der Waals surface area contributed by atoms with Crippen LogP contribution in [0.3, 0.4) is 0 Å². The zero-order valence-corrected chi connectivity index (χ0v) is 20.0. The van der Waals surface area contributed by atoms with Crippen LogP contribution in [0.1, 0.15) is 42.6 Å². The summed E-state index contributed by atoms with van der Waals surface area (Å²) in [6, 6.07) is -0.189. The number of hydrogen-bond donors (Lipinski definition) is 2. The molecule has 17 heteroatoms. The Hall–Kier alpha value is -3.21. The first-order chi connectivity index (χ1) is 17.5. The number of quaternary nitrogens is 1. The minimum absolute atomic E-state index is 0.00989. The van der Waals surface area contributed by atoms with Gasteiger partial charge in [-0.1, -0.05) is 0 Å². The predicted molar refractivity (Wildman–Crippen MR) is 112 cm³/mol. The highest BCUT2D eigenvalue weighted by Gasteiger charge is 2.44. The zero-order valence-electron chi connectivity index (χ0n) is 20.0. The van der Waals surface area contributed by atoms with Crippen molar-refractivity contribution < 1.29 is 55.9 Å². The molecule has 4 N–H and O–H groups in total. The Morgan fingerprint density at radius 1 is 1.32 bits per heavy atom. The summed E-state index contributed by atoms with van der Waals surface area (Å²) in [7, 11) is 1.41. The van der Waals surface area contributed by atoms with E-state index in [2.05, 4.69) is 21.1 Å². The maximum Gasteiger partial charge on any atom is 0.430 e. The fourth-order valence-corrected chi connectivity index (χ4v) is 4.30. The van der Waals surface area contributed by atoms with Crippen molar-refractivity contribution in [2.45, 2.75) is 49.4 Å². The van der Waals surface area contributed by atoms with Gasteiger partial charge < -0.3 is 30.6 Å². The number of carbonyl (C=O) groups excluding carboxylic acids is 2. The van der Waals surface area contributed by atoms with Crippen LogP contribution in [0.2, 0.25) is 0 Å². The number of aliphatic carboxylic acids is 1. The molecule has 1 saturated carbocycles. The molecule has 38 heavy (non-hydrogen) atoms. The van der Waals surface area contributed by atoms with Crippen molar-refractivity contribution in [3.05, 3.63) is 29.7 Å². The van der Waals surface area contributed by atoms with Crippen LogP contribution >= 0.6 is 0 Å². The second-order valence-corrected chi connectivity index (χ2v) is 9.12. The highest BCUT2D eigenvalue weighted by molar-refractivity contribution is 5.76. The van der Waals surface area contributed by atoms with Gasteiger partial charge in [0.2, 0.25) is 5.92 Å². The smallest absolute Gasteiger partial charge is 0.430 e. The van der Waals surface area contributed by atoms with Gasteiger partial charge in [0.1, 0.15) is 17.7 Å². The van der Waals surface area contributed by atoms with E-state index in [1.165, 1.54) is 17.8 Å². The summed E-state index contributed by atoms with van der Waals surface area (Å²) >= 11 is 0. The number of urea groups is 1. The van der Waals surface area contributed by atoms with Crippen LogP contribution in [-0.2, 0) is 9.53 Å². The van der Waals surface area contributed by atoms with Crippen LogP contribution in [-0.4, -0.2) is 76.3 Å². The average Bonchev–Trinajstić information content (AvgIpc) is 3.41. The Balaban J connectivity index is 0.000000505. The van der Waals surface area contributed by atoms with Crippen LogP contribution in [0.25, 0.3) is 5.65 Å². The number of imidazole rings is 1. The van der Waals surface area contributed by atoms with Crippen LogP contribution in [0.5, 0.6) is 0 Å². The van der Waals surface area contributed by atoms with E-state index >= 15 is 0 Å². The highest BCUT2D eigenvalue weighted by Crippen LogP contribution is 2.42. The van der Waals surface area contributed by atoms with E-state index in [0.29, 0.717) is 23.3 Å². The number of nitrogens with one attached hydrogen (secondary N) is 1. The standard InChI is InChI=1S/C19H24F4N6O2.C2HF3O2/c1-31-8-14(28-10-19(22,23)9-25-17(28)30)12-4-15-27-13(7-29(15)26-6-12)16(24)11-2-3-18(20,21)5-11;3-2(4,5)1(6)7/h4,6-7,11,14,16H,2-3,5,8-10,24H2,1H3,(H,25,30);(H,6,7)/t11-,14-,16-;/m1./s1. The van der Waals surface area contributed by atoms with E-state index in [1.54, 1.807) is 12.3 Å². The second-order valence-electron chi connectivity index (χ2n) is 9.12. The molecule has 212 valence electrons. The normalized spacial score (nSPS) is 22.4. The van der Waals surface area contributed by atoms with E-state index in [0.717, 1.165) is 4.90 Å². The first-order valence-electron chi connectivity index (χ1n) is 11.3. The summed E-state index contributed by atoms with van der Waals surface area (Å²) in [6.07, 6.45) is -2.09. The van der Waals surface area contributed by atoms with Gasteiger partial charge in [-0.3, -0.25) is 0 Å². The number of nitrogens with zero attached hydrogens (tertiary/aromatic N) is 4. The lowest BCUT2D eigenvalue weighted by atomic mass is 9.96. The third-order valence-electron chi connectivity index (χ3n) is 6.23. The summed E-state index contributed by atoms with van der Waals surface area (Å²) in [4.78, 5) is 26.5. The van der Waals surface area contributed by atoms with Gasteiger partial charge in [0.25, 0.3) is 5.92 Å². The topological polar surface area (TPSA) is 140 Å². The van der Waals surface area contributed by atoms with E-state index in [-0.39, 0.29) is 25.4 Å². The molecule has 1 aliphatic heterocycles. The molecule has 0 aromatic carbocycles. The molecule has 0 radical (unpaired) electrons. The van der Waals surface area contributed by atoms with Gasteiger partial charge in [-0.2, -0.15) is 18.3 Å². The van der Waals surface area contributed by atoms with Crippen molar-refractivity contribution in [3.8, 4) is 0 Å². The molecule has 3 atom stereocenters. The SMILES string of the molecule is COC[C@H](c1cnn2cc([C@H]([NH3+])[C@@H]3CCC(F)(F)C3)nc2c1)N1CC(F)(F)CNC1=O.O=C([O-])C(F)(F)F. The van der Waals surface area contributed by atoms with Crippen LogP contribution < -0.4 is 16.2 Å². The monoisotopic (exact) mass is 558 g/mol. The van der Waals surface area contributed by atoms with Crippen molar-refractivity contribution in [1.29, 1.82) is 0 Å². The maximum atomic E-state index is 13.9. The molecule has 3 heterocycles. The number of carboxylic acids is 1. The molecule has 2 amide bonds. The number of rotatable bonds is 6. The third-order valence-corrected chi connectivity index (χ3v) is 6.23. The number of amides is 2. The molecule has 0 unspecified atom stereocenters. The van der Waals surface area contributed by atoms with Crippen LogP contribution in [0, 0.1) is 5.92 Å². The van der Waals surface area contributed by atoms with E-state index in [4.69, 9.17) is 14.6 Å². The van der Waals surface area contributed by atoms with Crippen molar-refractivity contribution >= 4 is 17.6 Å². The fraction of sp³-hybridized carbons (Fsp3) is 0.619. The van der Waals surface area contributed by atoms with Crippen molar-refractivity contribution in [3.63, 3.8) is 0 Å². The maximum absolute atomic E-state index is 13.9. The van der Waals surface area contributed by atoms with Gasteiger partial charge in [0.15, 0.2) is 5.65 Å². The van der Waals surface area contributed by atoms with Crippen molar-refractivity contribution in [2.75, 3.05) is 26.8 Å². The van der Waals surface area contributed by atoms with Gasteiger partial charge in [0.05, 0.1) is 38.1 Å². The quantitative estimate of drug-likeness (QED) is 0.509. The number of hydrogen-bond acceptors (Lipinski definition) is 6. The van der Waals surface area contributed by atoms with Gasteiger partial charge in [0, 0.05) is 31.4 Å². The Bertz CT molecular complexity index is 1160. The summed E-state index contributed by atoms with van der Waals surface area (Å²) in [5, 5.41) is 15.3. The Labute approximate surface area is 210 Å². The fourth-order valence-electron chi connectivity index (χ4n) is 4.30. The number of ether oxygens (including phenoxy) is 1. The minimum Gasteiger partial charge on any atom is -0.542 e. The molecule has 0 bridgehead atoms. The average molecular weight is 558 g/mol. The predicted octanol–water partition coefficient (Wildman–Crippen LogP) is 1.09. The van der Waals surface area contributed by atoms with E-state index < -0.39 is 55.2 Å². The molecule has 2 aliphatic rings. The number of methoxy groups -OCH3 is 1. The number of carboxylic acid groups (broad SMARTS) is 1. The minimum atomic E-state index is -5.19. The van der Waals surface area contributed by atoms with Crippen molar-refractivity contribution in [2.24, 2.45) is 5.92 Å². The molecule has 2 aromatic heterocycles. The molecular weight excluding hydrogens is 533 g/mol. The van der Waals surface area contributed by atoms with Gasteiger partial charge in [-0.05, 0) is 12.5 Å². The Morgan fingerprint density at radius 3 is 2.53 bits per heavy atom. The van der Waals surface area contributed by atoms with Crippen molar-refractivity contribution in [1.82, 2.24) is 24.8 Å². The van der Waals surface area contributed by atoms with Gasteiger partial charge in [-0.15, -0.1) is 0 Å². The number of carbonyl (C=O) groups is 2. The zero-order chi connectivity index (χ0) is 28.5. The molecule has 1 aliphatic carbocycles. The first-order valence-corrected chi connectivity index (χ1v) is 11.3. The summed E-state index contributed by atoms with van der Waals surface area (Å²) in [6.45, 7) is -1.47. The molecule has 2 aromatic rings. The molecule has 4 rings (SSSR count). The van der Waals surface area contributed by atoms with Gasteiger partial charge in [-0.25, -0.2) is 31.9 Å². The largest absolute Gasteiger partial charge is 0.542 e. The molecule has 2 fully saturated rings. The Kier molecular flexibility index (Phi) is 8.40. The lowest BCUT2D eigenvalue weighted by Crippen LogP contribution is -2.58. The van der Waals surface area contributed by atoms with Gasteiger partial charge >= 0.3 is 12.2 Å². The second kappa shape index (κ2) is 10.9. The molecule has 0 spiro atoms. The summed E-state index contributed by atoms with van der Waals surface area (Å²) in [5.41, 5.74) is 5.47. The van der Waals surface area contributed by atoms with Crippen LogP contribution in [0.4, 0.5) is 35.5 Å². The lowest BCUT2D eigenvalue weighted by molar-refractivity contribution is -0.441. The third kappa shape index (κ3) is 7.00. The lowest BCUT2D eigenvalue weighted by Gasteiger charge is -2.38. The Morgan fingerprint density at radius 2 is 1.97 bits per heavy atom. The number of aromatic nitrogens is 3. The summed E-state index contributed by atoms with van der Waals surface area (Å²) < 4.78 is 93.2. The van der Waals surface area contributed by atoms with E-state index in [1.807, 2.05) is 0 Å². The molecular formula is C21H25F7N6O4. The van der Waals surface area contributed by atoms with E-state index in [9.17, 15) is 35.5 Å². The molecule has 10 nitrogen and oxygen atoms in total. The first kappa shape index (κ1) is 29.3. The van der Waals surface area contributed by atoms with Crippen LogP contribution in [0.15, 0.2) is 18.5 Å². The number of fused-ring (bicyclic) bond motifs is 1. The molecule has 1 saturated heterocycles. The number of alkyl halides is 7.